The summed E-state index contributed by atoms with van der Waals surface area (Å²) in [6.07, 6.45) is 3.32. The molecule has 0 aliphatic carbocycles. The van der Waals surface area contributed by atoms with Gasteiger partial charge in [-0.2, -0.15) is 0 Å². The Morgan fingerprint density at radius 3 is 2.55 bits per heavy atom. The Hall–Kier alpha value is -3.13. The van der Waals surface area contributed by atoms with Gasteiger partial charge in [0.25, 0.3) is 0 Å². The molecular formula is C27H25N2+. The standard InChI is InChI=1S/C27H25N2/c1-16(2)13-18-14-19-11-12-28(4)27-24-17(3)9-10-21-20-7-5-6-8-22(20)29(26(21)24)23(15-18)25(19)27/h5-12,14-16H,13H2,1-4H3/q+1. The Balaban J connectivity index is 2.01. The molecule has 0 spiro atoms. The summed E-state index contributed by atoms with van der Waals surface area (Å²) in [4.78, 5) is 0. The van der Waals surface area contributed by atoms with Gasteiger partial charge in [0.1, 0.15) is 7.05 Å². The summed E-state index contributed by atoms with van der Waals surface area (Å²) < 4.78 is 4.82. The van der Waals surface area contributed by atoms with Crippen molar-refractivity contribution in [3.05, 3.63) is 71.9 Å². The fourth-order valence-electron chi connectivity index (χ4n) is 5.32. The summed E-state index contributed by atoms with van der Waals surface area (Å²) in [6.45, 7) is 6.84. The highest BCUT2D eigenvalue weighted by Gasteiger charge is 2.23. The molecule has 3 heterocycles. The monoisotopic (exact) mass is 377 g/mol. The van der Waals surface area contributed by atoms with Gasteiger partial charge < -0.3 is 4.40 Å². The summed E-state index contributed by atoms with van der Waals surface area (Å²) in [5, 5.41) is 6.76. The Kier molecular flexibility index (Phi) is 3.30. The molecule has 0 aliphatic rings. The lowest BCUT2D eigenvalue weighted by molar-refractivity contribution is -0.643. The minimum Gasteiger partial charge on any atom is -0.307 e. The van der Waals surface area contributed by atoms with E-state index in [1.54, 1.807) is 0 Å². The number of hydrogen-bond acceptors (Lipinski definition) is 0. The van der Waals surface area contributed by atoms with E-state index < -0.39 is 0 Å². The zero-order valence-electron chi connectivity index (χ0n) is 17.5. The van der Waals surface area contributed by atoms with Crippen LogP contribution in [-0.2, 0) is 13.5 Å². The molecule has 0 amide bonds. The van der Waals surface area contributed by atoms with Crippen LogP contribution in [0, 0.1) is 12.8 Å². The number of pyridine rings is 2. The molecule has 29 heavy (non-hydrogen) atoms. The molecule has 2 nitrogen and oxygen atoms in total. The average Bonchev–Trinajstić information content (AvgIpc) is 3.03. The Bertz CT molecular complexity index is 1570. The van der Waals surface area contributed by atoms with Gasteiger partial charge in [-0.1, -0.05) is 50.2 Å². The van der Waals surface area contributed by atoms with Gasteiger partial charge in [0.2, 0.25) is 5.52 Å². The van der Waals surface area contributed by atoms with Crippen molar-refractivity contribution in [2.75, 3.05) is 0 Å². The molecule has 0 bridgehead atoms. The van der Waals surface area contributed by atoms with Gasteiger partial charge >= 0.3 is 0 Å². The fourth-order valence-corrected chi connectivity index (χ4v) is 5.32. The highest BCUT2D eigenvalue weighted by atomic mass is 14.9. The number of fused-ring (bicyclic) bond motifs is 5. The zero-order chi connectivity index (χ0) is 19.9. The van der Waals surface area contributed by atoms with E-state index in [0.717, 1.165) is 6.42 Å². The normalized spacial score (nSPS) is 12.6. The van der Waals surface area contributed by atoms with Crippen LogP contribution in [0.1, 0.15) is 25.0 Å². The molecule has 6 aromatic rings. The van der Waals surface area contributed by atoms with Crippen molar-refractivity contribution in [1.82, 2.24) is 4.40 Å². The number of aromatic nitrogens is 2. The second-order valence-electron chi connectivity index (χ2n) is 8.96. The number of benzene rings is 3. The van der Waals surface area contributed by atoms with Crippen molar-refractivity contribution in [3.8, 4) is 0 Å². The van der Waals surface area contributed by atoms with E-state index in [-0.39, 0.29) is 0 Å². The van der Waals surface area contributed by atoms with E-state index in [9.17, 15) is 0 Å². The van der Waals surface area contributed by atoms with Gasteiger partial charge in [0.05, 0.1) is 27.3 Å². The number of para-hydroxylation sites is 1. The van der Waals surface area contributed by atoms with E-state index in [1.165, 1.54) is 60.1 Å². The lowest BCUT2D eigenvalue weighted by Gasteiger charge is -2.15. The van der Waals surface area contributed by atoms with Crippen LogP contribution in [0.4, 0.5) is 0 Å². The van der Waals surface area contributed by atoms with Crippen LogP contribution in [-0.4, -0.2) is 4.40 Å². The first-order chi connectivity index (χ1) is 14.0. The number of aryl methyl sites for hydroxylation is 2. The molecule has 3 aromatic heterocycles. The van der Waals surface area contributed by atoms with Gasteiger partial charge in [0, 0.05) is 16.8 Å². The first-order valence-electron chi connectivity index (χ1n) is 10.5. The first kappa shape index (κ1) is 16.8. The molecule has 0 saturated heterocycles. The van der Waals surface area contributed by atoms with Crippen LogP contribution >= 0.6 is 0 Å². The predicted molar refractivity (Wildman–Crippen MR) is 123 cm³/mol. The maximum atomic E-state index is 2.52. The summed E-state index contributed by atoms with van der Waals surface area (Å²) in [7, 11) is 2.18. The van der Waals surface area contributed by atoms with Crippen molar-refractivity contribution in [3.63, 3.8) is 0 Å². The minimum absolute atomic E-state index is 0.637. The molecule has 142 valence electrons. The van der Waals surface area contributed by atoms with Crippen LogP contribution in [0.15, 0.2) is 60.8 Å². The van der Waals surface area contributed by atoms with Gasteiger partial charge in [-0.25, -0.2) is 4.57 Å². The topological polar surface area (TPSA) is 8.29 Å². The number of hydrogen-bond donors (Lipinski definition) is 0. The Morgan fingerprint density at radius 2 is 1.72 bits per heavy atom. The SMILES string of the molecule is Cc1ccc2c3ccccc3n3c4cc(CC(C)C)cc5cc[n+](C)c(c1c23)c54. The van der Waals surface area contributed by atoms with Gasteiger partial charge in [-0.15, -0.1) is 0 Å². The number of rotatable bonds is 2. The lowest BCUT2D eigenvalue weighted by Crippen LogP contribution is -2.29. The number of nitrogens with zero attached hydrogens (tertiary/aromatic N) is 2. The molecule has 6 rings (SSSR count). The van der Waals surface area contributed by atoms with E-state index in [4.69, 9.17) is 0 Å². The molecule has 3 aromatic carbocycles. The zero-order valence-corrected chi connectivity index (χ0v) is 17.5. The van der Waals surface area contributed by atoms with E-state index >= 15 is 0 Å². The Morgan fingerprint density at radius 1 is 0.897 bits per heavy atom. The average molecular weight is 378 g/mol. The lowest BCUT2D eigenvalue weighted by atomic mass is 9.96. The molecule has 0 fully saturated rings. The third-order valence-corrected chi connectivity index (χ3v) is 6.44. The van der Waals surface area contributed by atoms with Crippen LogP contribution in [0.3, 0.4) is 0 Å². The first-order valence-corrected chi connectivity index (χ1v) is 10.5. The molecule has 0 aliphatic heterocycles. The molecule has 0 radical (unpaired) electrons. The third-order valence-electron chi connectivity index (χ3n) is 6.44. The van der Waals surface area contributed by atoms with Crippen LogP contribution in [0.25, 0.3) is 49.0 Å². The van der Waals surface area contributed by atoms with E-state index in [2.05, 4.69) is 97.6 Å². The molecule has 0 N–H and O–H groups in total. The van der Waals surface area contributed by atoms with Gasteiger partial charge in [-0.3, -0.25) is 0 Å². The van der Waals surface area contributed by atoms with Crippen molar-refractivity contribution in [2.45, 2.75) is 27.2 Å². The van der Waals surface area contributed by atoms with Gasteiger partial charge in [0.15, 0.2) is 6.20 Å². The summed E-state index contributed by atoms with van der Waals surface area (Å²) >= 11 is 0. The quantitative estimate of drug-likeness (QED) is 0.190. The smallest absolute Gasteiger partial charge is 0.224 e. The van der Waals surface area contributed by atoms with Crippen molar-refractivity contribution in [2.24, 2.45) is 13.0 Å². The molecular weight excluding hydrogens is 352 g/mol. The summed E-state index contributed by atoms with van der Waals surface area (Å²) in [5.74, 6) is 0.637. The van der Waals surface area contributed by atoms with Crippen LogP contribution in [0.2, 0.25) is 0 Å². The predicted octanol–water partition coefficient (Wildman–Crippen LogP) is 6.32. The van der Waals surface area contributed by atoms with E-state index in [0.29, 0.717) is 5.92 Å². The maximum absolute atomic E-state index is 2.52. The van der Waals surface area contributed by atoms with Crippen molar-refractivity contribution < 1.29 is 4.57 Å². The fraction of sp³-hybridized carbons (Fsp3) is 0.222. The highest BCUT2D eigenvalue weighted by Crippen LogP contribution is 2.40. The molecule has 2 heteroatoms. The minimum atomic E-state index is 0.637. The second-order valence-corrected chi connectivity index (χ2v) is 8.96. The van der Waals surface area contributed by atoms with Crippen LogP contribution < -0.4 is 4.57 Å². The molecule has 0 saturated carbocycles. The summed E-state index contributed by atoms with van der Waals surface area (Å²) in [5.41, 5.74) is 8.07. The van der Waals surface area contributed by atoms with Crippen LogP contribution in [0.5, 0.6) is 0 Å². The second kappa shape index (κ2) is 5.70. The summed E-state index contributed by atoms with van der Waals surface area (Å²) in [6, 6.07) is 20.5. The van der Waals surface area contributed by atoms with Crippen molar-refractivity contribution in [1.29, 1.82) is 0 Å². The highest BCUT2D eigenvalue weighted by molar-refractivity contribution is 6.25. The maximum Gasteiger partial charge on any atom is 0.224 e. The van der Waals surface area contributed by atoms with Crippen molar-refractivity contribution >= 4 is 49.0 Å². The van der Waals surface area contributed by atoms with Gasteiger partial charge in [-0.05, 0) is 47.9 Å². The third kappa shape index (κ3) is 2.15. The van der Waals surface area contributed by atoms with E-state index in [1.807, 2.05) is 0 Å². The molecule has 0 unspecified atom stereocenters. The molecule has 0 atom stereocenters. The Labute approximate surface area is 170 Å². The largest absolute Gasteiger partial charge is 0.307 e.